The highest BCUT2D eigenvalue weighted by atomic mass is 35.5. The van der Waals surface area contributed by atoms with Crippen LogP contribution in [-0.2, 0) is 0 Å². The van der Waals surface area contributed by atoms with E-state index in [4.69, 9.17) is 26.8 Å². The Bertz CT molecular complexity index is 596. The molecule has 1 aliphatic rings. The normalized spacial score (nSPS) is 18.0. The number of nitrogens with two attached hydrogens (primary N) is 1. The second kappa shape index (κ2) is 10.9. The summed E-state index contributed by atoms with van der Waals surface area (Å²) >= 11 is 6.36. The van der Waals surface area contributed by atoms with Gasteiger partial charge in [0.1, 0.15) is 0 Å². The Morgan fingerprint density at radius 1 is 1.46 bits per heavy atom. The number of unbranched alkanes of at least 4 members (excludes halogenated alkanes) is 1. The van der Waals surface area contributed by atoms with Gasteiger partial charge in [0.2, 0.25) is 0 Å². The molecule has 1 aromatic rings. The molecular formula is C19H30Cl2N2O3. The van der Waals surface area contributed by atoms with E-state index in [0.29, 0.717) is 41.2 Å². The smallest absolute Gasteiger partial charge is 0.254 e. The van der Waals surface area contributed by atoms with Crippen LogP contribution in [-0.4, -0.2) is 43.7 Å². The van der Waals surface area contributed by atoms with E-state index in [0.717, 1.165) is 32.2 Å². The lowest BCUT2D eigenvalue weighted by atomic mass is 9.92. The number of rotatable bonds is 7. The molecule has 0 radical (unpaired) electrons. The summed E-state index contributed by atoms with van der Waals surface area (Å²) in [6, 6.07) is 3.47. The summed E-state index contributed by atoms with van der Waals surface area (Å²) in [5.41, 5.74) is 6.54. The van der Waals surface area contributed by atoms with Gasteiger partial charge in [-0.05, 0) is 44.2 Å². The largest absolute Gasteiger partial charge is 0.493 e. The van der Waals surface area contributed by atoms with Gasteiger partial charge in [0, 0.05) is 24.7 Å². The van der Waals surface area contributed by atoms with E-state index in [2.05, 4.69) is 6.92 Å². The van der Waals surface area contributed by atoms with E-state index < -0.39 is 0 Å². The number of hydrogen-bond donors (Lipinski definition) is 1. The number of piperidine rings is 1. The van der Waals surface area contributed by atoms with Gasteiger partial charge in [-0.1, -0.05) is 24.9 Å². The van der Waals surface area contributed by atoms with Crippen molar-refractivity contribution < 1.29 is 14.3 Å². The average Bonchev–Trinajstić information content (AvgIpc) is 2.62. The highest BCUT2D eigenvalue weighted by Crippen LogP contribution is 2.37. The topological polar surface area (TPSA) is 64.8 Å². The summed E-state index contributed by atoms with van der Waals surface area (Å²) in [6.45, 7) is 6.10. The number of amides is 1. The molecule has 148 valence electrons. The minimum Gasteiger partial charge on any atom is -0.493 e. The molecule has 0 spiro atoms. The lowest BCUT2D eigenvalue weighted by Gasteiger charge is -2.34. The monoisotopic (exact) mass is 404 g/mol. The molecular weight excluding hydrogens is 375 g/mol. The summed E-state index contributed by atoms with van der Waals surface area (Å²) in [5.74, 6) is 1.30. The molecule has 7 heteroatoms. The quantitative estimate of drug-likeness (QED) is 0.693. The van der Waals surface area contributed by atoms with E-state index in [1.165, 1.54) is 0 Å². The van der Waals surface area contributed by atoms with Gasteiger partial charge in [0.25, 0.3) is 5.91 Å². The molecule has 2 atom stereocenters. The van der Waals surface area contributed by atoms with Gasteiger partial charge in [-0.3, -0.25) is 4.79 Å². The van der Waals surface area contributed by atoms with Crippen molar-refractivity contribution in [3.63, 3.8) is 0 Å². The van der Waals surface area contributed by atoms with Gasteiger partial charge in [-0.25, -0.2) is 0 Å². The molecule has 2 unspecified atom stereocenters. The molecule has 0 aromatic heterocycles. The number of halogens is 2. The summed E-state index contributed by atoms with van der Waals surface area (Å²) in [5, 5.41) is 0.402. The van der Waals surface area contributed by atoms with Crippen LogP contribution in [0.4, 0.5) is 0 Å². The summed E-state index contributed by atoms with van der Waals surface area (Å²) in [7, 11) is 1.56. The Hall–Kier alpha value is -1.17. The zero-order valence-corrected chi connectivity index (χ0v) is 17.4. The average molecular weight is 405 g/mol. The molecule has 0 saturated carbocycles. The summed E-state index contributed by atoms with van der Waals surface area (Å²) in [4.78, 5) is 14.8. The lowest BCUT2D eigenvalue weighted by molar-refractivity contribution is 0.0660. The first kappa shape index (κ1) is 22.9. The fourth-order valence-corrected chi connectivity index (χ4v) is 3.37. The van der Waals surface area contributed by atoms with Gasteiger partial charge in [-0.2, -0.15) is 0 Å². The molecule has 1 saturated heterocycles. The first-order valence-corrected chi connectivity index (χ1v) is 9.40. The SMILES string of the molecule is CCCCOc1c(Cl)cc(C(=O)N2CCCC(C(C)N)C2)cc1OC.Cl. The molecule has 2 rings (SSSR count). The number of likely N-dealkylation sites (tertiary alicyclic amines) is 1. The standard InChI is InChI=1S/C19H29ClN2O3.ClH/c1-4-5-9-25-18-16(20)10-15(11-17(18)24-3)19(23)22-8-6-7-14(12-22)13(2)21;/h10-11,13-14H,4-9,12,21H2,1-3H3;1H. The van der Waals surface area contributed by atoms with Gasteiger partial charge < -0.3 is 20.1 Å². The Kier molecular flexibility index (Phi) is 9.55. The second-order valence-corrected chi connectivity index (χ2v) is 7.11. The van der Waals surface area contributed by atoms with Crippen LogP contribution in [0.2, 0.25) is 5.02 Å². The van der Waals surface area contributed by atoms with Crippen LogP contribution in [0.3, 0.4) is 0 Å². The van der Waals surface area contributed by atoms with E-state index >= 15 is 0 Å². The second-order valence-electron chi connectivity index (χ2n) is 6.70. The number of nitrogens with zero attached hydrogens (tertiary/aromatic N) is 1. The van der Waals surface area contributed by atoms with Crippen molar-refractivity contribution in [1.82, 2.24) is 4.90 Å². The third-order valence-electron chi connectivity index (χ3n) is 4.71. The Morgan fingerprint density at radius 2 is 2.19 bits per heavy atom. The number of carbonyl (C=O) groups is 1. The molecule has 1 aromatic carbocycles. The highest BCUT2D eigenvalue weighted by Gasteiger charge is 2.27. The molecule has 1 aliphatic heterocycles. The minimum atomic E-state index is -0.0364. The van der Waals surface area contributed by atoms with Gasteiger partial charge in [0.05, 0.1) is 18.7 Å². The number of ether oxygens (including phenoxy) is 2. The predicted molar refractivity (Wildman–Crippen MR) is 108 cm³/mol. The maximum Gasteiger partial charge on any atom is 0.254 e. The fraction of sp³-hybridized carbons (Fsp3) is 0.632. The van der Waals surface area contributed by atoms with E-state index in [1.807, 2.05) is 11.8 Å². The predicted octanol–water partition coefficient (Wildman–Crippen LogP) is 4.15. The van der Waals surface area contributed by atoms with E-state index in [9.17, 15) is 4.79 Å². The maximum absolute atomic E-state index is 12.9. The number of carbonyl (C=O) groups excluding carboxylic acids is 1. The molecule has 1 fully saturated rings. The number of hydrogen-bond acceptors (Lipinski definition) is 4. The Labute approximate surface area is 167 Å². The van der Waals surface area contributed by atoms with Crippen molar-refractivity contribution >= 4 is 29.9 Å². The number of benzene rings is 1. The van der Waals surface area contributed by atoms with Crippen LogP contribution in [0.5, 0.6) is 11.5 Å². The van der Waals surface area contributed by atoms with Gasteiger partial charge >= 0.3 is 0 Å². The van der Waals surface area contributed by atoms with Crippen LogP contribution in [0.25, 0.3) is 0 Å². The van der Waals surface area contributed by atoms with Crippen molar-refractivity contribution in [1.29, 1.82) is 0 Å². The maximum atomic E-state index is 12.9. The van der Waals surface area contributed by atoms with Crippen LogP contribution >= 0.6 is 24.0 Å². The van der Waals surface area contributed by atoms with E-state index in [1.54, 1.807) is 19.2 Å². The summed E-state index contributed by atoms with van der Waals surface area (Å²) in [6.07, 6.45) is 4.01. The van der Waals surface area contributed by atoms with Crippen LogP contribution in [0.1, 0.15) is 49.9 Å². The van der Waals surface area contributed by atoms with Gasteiger partial charge in [0.15, 0.2) is 11.5 Å². The zero-order chi connectivity index (χ0) is 18.4. The van der Waals surface area contributed by atoms with Crippen molar-refractivity contribution in [2.24, 2.45) is 11.7 Å². The van der Waals surface area contributed by atoms with Gasteiger partial charge in [-0.15, -0.1) is 12.4 Å². The van der Waals surface area contributed by atoms with Crippen LogP contribution < -0.4 is 15.2 Å². The molecule has 26 heavy (non-hydrogen) atoms. The van der Waals surface area contributed by atoms with Crippen molar-refractivity contribution in [3.05, 3.63) is 22.7 Å². The highest BCUT2D eigenvalue weighted by molar-refractivity contribution is 6.32. The third kappa shape index (κ3) is 5.66. The fourth-order valence-electron chi connectivity index (χ4n) is 3.11. The van der Waals surface area contributed by atoms with Crippen LogP contribution in [0, 0.1) is 5.92 Å². The zero-order valence-electron chi connectivity index (χ0n) is 15.8. The molecule has 2 N–H and O–H groups in total. The van der Waals surface area contributed by atoms with Crippen molar-refractivity contribution in [2.75, 3.05) is 26.8 Å². The lowest BCUT2D eigenvalue weighted by Crippen LogP contribution is -2.45. The Morgan fingerprint density at radius 3 is 2.81 bits per heavy atom. The third-order valence-corrected chi connectivity index (χ3v) is 4.99. The Balaban J connectivity index is 0.00000338. The van der Waals surface area contributed by atoms with Crippen molar-refractivity contribution in [3.8, 4) is 11.5 Å². The molecule has 5 nitrogen and oxygen atoms in total. The molecule has 0 bridgehead atoms. The number of methoxy groups -OCH3 is 1. The molecule has 0 aliphatic carbocycles. The first-order valence-electron chi connectivity index (χ1n) is 9.03. The first-order chi connectivity index (χ1) is 12.0. The van der Waals surface area contributed by atoms with E-state index in [-0.39, 0.29) is 24.4 Å². The van der Waals surface area contributed by atoms with Crippen LogP contribution in [0.15, 0.2) is 12.1 Å². The summed E-state index contributed by atoms with van der Waals surface area (Å²) < 4.78 is 11.1. The molecule has 1 heterocycles. The van der Waals surface area contributed by atoms with Crippen molar-refractivity contribution in [2.45, 2.75) is 45.6 Å². The molecule has 1 amide bonds. The minimum absolute atomic E-state index is 0.